The predicted molar refractivity (Wildman–Crippen MR) is 307 cm³/mol. The van der Waals surface area contributed by atoms with E-state index in [1.807, 2.05) is 7.05 Å². The van der Waals surface area contributed by atoms with Crippen molar-refractivity contribution in [3.05, 3.63) is 174 Å². The predicted octanol–water partition coefficient (Wildman–Crippen LogP) is 14.5. The molecule has 5 aromatic carbocycles. The molecule has 5 rings (SSSR count). The Bertz CT molecular complexity index is 2230. The Balaban J connectivity index is 0.000000445. The zero-order chi connectivity index (χ0) is 53.9. The minimum absolute atomic E-state index is 0.0801. The fraction of sp³-hybridized carbons (Fsp3) is 0.531. The lowest BCUT2D eigenvalue weighted by Crippen LogP contribution is -2.23. The quantitative estimate of drug-likeness (QED) is 0.0689. The third-order valence-corrected chi connectivity index (χ3v) is 12.6. The lowest BCUT2D eigenvalue weighted by molar-refractivity contribution is 0.0612. The highest BCUT2D eigenvalue weighted by molar-refractivity contribution is 5.40. The van der Waals surface area contributed by atoms with E-state index in [1.165, 1.54) is 83.5 Å². The van der Waals surface area contributed by atoms with Gasteiger partial charge in [-0.1, -0.05) is 174 Å². The first-order valence-corrected chi connectivity index (χ1v) is 26.1. The van der Waals surface area contributed by atoms with Crippen molar-refractivity contribution in [1.29, 1.82) is 0 Å². The van der Waals surface area contributed by atoms with Gasteiger partial charge in [0.1, 0.15) is 0 Å². The minimum atomic E-state index is 0.0801. The third-order valence-electron chi connectivity index (χ3n) is 12.6. The summed E-state index contributed by atoms with van der Waals surface area (Å²) in [5.74, 6) is 1.22. The van der Waals surface area contributed by atoms with E-state index in [9.17, 15) is 0 Å². The van der Waals surface area contributed by atoms with E-state index in [0.717, 1.165) is 13.1 Å². The van der Waals surface area contributed by atoms with Gasteiger partial charge in [0.25, 0.3) is 0 Å². The van der Waals surface area contributed by atoms with Crippen LogP contribution in [0, 0.1) is 41.5 Å². The number of hydrogen-bond acceptors (Lipinski definition) is 7. The second kappa shape index (κ2) is 33.5. The molecule has 396 valence electrons. The average molecular weight is 977 g/mol. The van der Waals surface area contributed by atoms with Crippen molar-refractivity contribution in [2.75, 3.05) is 40.6 Å². The van der Waals surface area contributed by atoms with Gasteiger partial charge in [0.15, 0.2) is 0 Å². The first kappa shape index (κ1) is 64.8. The van der Waals surface area contributed by atoms with Crippen molar-refractivity contribution in [2.24, 2.45) is 5.73 Å². The van der Waals surface area contributed by atoms with Crippen molar-refractivity contribution in [3.8, 4) is 0 Å². The van der Waals surface area contributed by atoms with Gasteiger partial charge in [-0.2, -0.15) is 0 Å². The van der Waals surface area contributed by atoms with E-state index in [0.29, 0.717) is 57.5 Å². The van der Waals surface area contributed by atoms with Crippen LogP contribution in [0.25, 0.3) is 0 Å². The SMILES string of the molecule is CNCc1c(C)cccc1C(C)C.COCCOCc1c(C)cccc1C.Cc1cccc(C(C)(C)C)c1CN.Cc1cccc(C(C)(C)C)c1COCCO.Cc1cccc(C(C)C)c1CNC(C)C. The van der Waals surface area contributed by atoms with E-state index < -0.39 is 0 Å². The van der Waals surface area contributed by atoms with Crippen molar-refractivity contribution in [1.82, 2.24) is 10.6 Å². The molecule has 0 fully saturated rings. The van der Waals surface area contributed by atoms with Crippen LogP contribution in [0.5, 0.6) is 0 Å². The molecule has 7 nitrogen and oxygen atoms in total. The number of rotatable bonds is 17. The number of benzene rings is 5. The molecule has 71 heavy (non-hydrogen) atoms. The number of nitrogens with two attached hydrogens (primary N) is 1. The Kier molecular flexibility index (Phi) is 30.6. The summed E-state index contributed by atoms with van der Waals surface area (Å²) in [6.45, 7) is 45.2. The molecule has 0 aliphatic heterocycles. The molecule has 5 N–H and O–H groups in total. The van der Waals surface area contributed by atoms with Crippen LogP contribution in [-0.4, -0.2) is 51.7 Å². The fourth-order valence-corrected chi connectivity index (χ4v) is 8.40. The molecule has 0 bridgehead atoms. The zero-order valence-electron chi connectivity index (χ0n) is 48.5. The fourth-order valence-electron chi connectivity index (χ4n) is 8.40. The molecular weight excluding hydrogens is 875 g/mol. The van der Waals surface area contributed by atoms with Crippen LogP contribution in [0.2, 0.25) is 0 Å². The molecule has 0 atom stereocenters. The molecule has 0 saturated carbocycles. The van der Waals surface area contributed by atoms with Crippen molar-refractivity contribution in [3.63, 3.8) is 0 Å². The van der Waals surface area contributed by atoms with E-state index >= 15 is 0 Å². The summed E-state index contributed by atoms with van der Waals surface area (Å²) >= 11 is 0. The largest absolute Gasteiger partial charge is 0.394 e. The maximum absolute atomic E-state index is 8.72. The number of aliphatic hydroxyl groups is 1. The van der Waals surface area contributed by atoms with Gasteiger partial charge in [-0.05, 0) is 155 Å². The molecule has 0 heterocycles. The minimum Gasteiger partial charge on any atom is -0.394 e. The lowest BCUT2D eigenvalue weighted by Gasteiger charge is -2.24. The van der Waals surface area contributed by atoms with Gasteiger partial charge in [0.2, 0.25) is 0 Å². The number of aliphatic hydroxyl groups excluding tert-OH is 1. The number of aryl methyl sites for hydroxylation is 6. The zero-order valence-corrected chi connectivity index (χ0v) is 48.5. The van der Waals surface area contributed by atoms with Crippen LogP contribution in [-0.2, 0) is 57.9 Å². The van der Waals surface area contributed by atoms with Crippen LogP contribution < -0.4 is 16.4 Å². The summed E-state index contributed by atoms with van der Waals surface area (Å²) in [6.07, 6.45) is 0. The molecule has 0 aromatic heterocycles. The van der Waals surface area contributed by atoms with Crippen molar-refractivity contribution in [2.45, 2.75) is 186 Å². The van der Waals surface area contributed by atoms with Crippen molar-refractivity contribution < 1.29 is 19.3 Å². The molecule has 7 heteroatoms. The molecular formula is C64H101N3O4. The number of nitrogens with one attached hydrogen (secondary N) is 2. The van der Waals surface area contributed by atoms with Crippen LogP contribution in [0.3, 0.4) is 0 Å². The van der Waals surface area contributed by atoms with Crippen LogP contribution in [0.4, 0.5) is 0 Å². The molecule has 0 saturated heterocycles. The third kappa shape index (κ3) is 23.5. The molecule has 0 radical (unpaired) electrons. The molecule has 0 amide bonds. The summed E-state index contributed by atoms with van der Waals surface area (Å²) in [7, 11) is 3.68. The second-order valence-corrected chi connectivity index (χ2v) is 21.8. The monoisotopic (exact) mass is 976 g/mol. The highest BCUT2D eigenvalue weighted by atomic mass is 16.5. The summed E-state index contributed by atoms with van der Waals surface area (Å²) < 4.78 is 15.8. The van der Waals surface area contributed by atoms with Gasteiger partial charge in [-0.3, -0.25) is 0 Å². The van der Waals surface area contributed by atoms with Gasteiger partial charge >= 0.3 is 0 Å². The van der Waals surface area contributed by atoms with Crippen LogP contribution >= 0.6 is 0 Å². The highest BCUT2D eigenvalue weighted by Crippen LogP contribution is 2.29. The molecule has 0 aliphatic rings. The molecule has 0 unspecified atom stereocenters. The summed E-state index contributed by atoms with van der Waals surface area (Å²) in [6, 6.07) is 32.7. The second-order valence-electron chi connectivity index (χ2n) is 21.8. The van der Waals surface area contributed by atoms with E-state index in [4.69, 9.17) is 25.1 Å². The topological polar surface area (TPSA) is 98.0 Å². The Labute approximate surface area is 435 Å². The smallest absolute Gasteiger partial charge is 0.0723 e. The van der Waals surface area contributed by atoms with E-state index in [2.05, 4.69) is 226 Å². The first-order valence-electron chi connectivity index (χ1n) is 26.1. The highest BCUT2D eigenvalue weighted by Gasteiger charge is 2.19. The average Bonchev–Trinajstić information content (AvgIpc) is 3.29. The Morgan fingerprint density at radius 2 is 0.859 bits per heavy atom. The summed E-state index contributed by atoms with van der Waals surface area (Å²) in [5, 5.41) is 15.4. The maximum Gasteiger partial charge on any atom is 0.0723 e. The van der Waals surface area contributed by atoms with Gasteiger partial charge in [0, 0.05) is 32.8 Å². The van der Waals surface area contributed by atoms with Gasteiger partial charge < -0.3 is 35.7 Å². The molecule has 0 aliphatic carbocycles. The van der Waals surface area contributed by atoms with E-state index in [-0.39, 0.29) is 17.4 Å². The number of methoxy groups -OCH3 is 1. The number of hydrogen-bond donors (Lipinski definition) is 4. The first-order chi connectivity index (χ1) is 33.4. The number of ether oxygens (including phenoxy) is 3. The normalized spacial score (nSPS) is 11.3. The Hall–Kier alpha value is -4.18. The standard InChI is InChI=1S/C14H23N.C14H22O2.2C12H19N.C12H18O2/c1-10(2)13-8-6-7-12(5)14(13)9-15-11(3)4;1-11-6-5-7-13(14(2,3)4)12(11)10-16-9-8-15;1-9-6-5-7-11(10(9)8-13)12(2,3)4;1-9(2)11-7-5-6-10(3)12(11)8-13-4;1-10-5-4-6-11(2)12(10)9-14-8-7-13-3/h6-8,10-11,15H,9H2,1-5H3;5-7,15H,8-10H2,1-4H3;5-7H,8,13H2,1-4H3;5-7,9,13H,8H2,1-4H3;4-6H,7-9H2,1-3H3. The van der Waals surface area contributed by atoms with Gasteiger partial charge in [-0.25, -0.2) is 0 Å². The van der Waals surface area contributed by atoms with Crippen LogP contribution in [0.1, 0.15) is 178 Å². The van der Waals surface area contributed by atoms with Gasteiger partial charge in [0.05, 0.1) is 39.6 Å². The van der Waals surface area contributed by atoms with Gasteiger partial charge in [-0.15, -0.1) is 0 Å². The maximum atomic E-state index is 8.72. The van der Waals surface area contributed by atoms with E-state index in [1.54, 1.807) is 7.11 Å². The molecule has 0 spiro atoms. The lowest BCUT2D eigenvalue weighted by atomic mass is 9.82. The Morgan fingerprint density at radius 1 is 0.493 bits per heavy atom. The van der Waals surface area contributed by atoms with Crippen LogP contribution in [0.15, 0.2) is 91.0 Å². The molecule has 5 aromatic rings. The summed E-state index contributed by atoms with van der Waals surface area (Å²) in [4.78, 5) is 0. The van der Waals surface area contributed by atoms with Crippen molar-refractivity contribution >= 4 is 0 Å². The summed E-state index contributed by atoms with van der Waals surface area (Å²) in [5.41, 5.74) is 26.4. The Morgan fingerprint density at radius 3 is 1.24 bits per heavy atom.